The summed E-state index contributed by atoms with van der Waals surface area (Å²) in [5.74, 6) is 0.0564. The smallest absolute Gasteiger partial charge is 0.238 e. The van der Waals surface area contributed by atoms with Gasteiger partial charge in [-0.05, 0) is 20.8 Å². The van der Waals surface area contributed by atoms with Gasteiger partial charge in [-0.3, -0.25) is 14.5 Å². The molecule has 110 valence electrons. The first-order chi connectivity index (χ1) is 8.97. The fourth-order valence-corrected chi connectivity index (χ4v) is 2.06. The molecule has 0 aromatic rings. The van der Waals surface area contributed by atoms with Crippen LogP contribution in [0.4, 0.5) is 0 Å². The Morgan fingerprint density at radius 1 is 1.47 bits per heavy atom. The van der Waals surface area contributed by atoms with E-state index in [1.54, 1.807) is 11.9 Å². The normalized spacial score (nSPS) is 20.4. The average Bonchev–Trinajstić information content (AvgIpc) is 2.38. The van der Waals surface area contributed by atoms with Crippen molar-refractivity contribution in [3.05, 3.63) is 0 Å². The van der Waals surface area contributed by atoms with Gasteiger partial charge in [-0.25, -0.2) is 0 Å². The van der Waals surface area contributed by atoms with Crippen molar-refractivity contribution < 1.29 is 9.59 Å². The number of rotatable bonds is 5. The minimum atomic E-state index is -0.252. The maximum atomic E-state index is 12.1. The molecule has 1 aliphatic heterocycles. The van der Waals surface area contributed by atoms with E-state index in [1.165, 1.54) is 0 Å². The van der Waals surface area contributed by atoms with Crippen molar-refractivity contribution in [2.75, 3.05) is 39.8 Å². The van der Waals surface area contributed by atoms with Gasteiger partial charge >= 0.3 is 0 Å². The number of piperazine rings is 1. The van der Waals surface area contributed by atoms with Crippen LogP contribution in [0, 0.1) is 0 Å². The minimum absolute atomic E-state index is 0.00491. The van der Waals surface area contributed by atoms with Crippen LogP contribution in [0.5, 0.6) is 0 Å². The van der Waals surface area contributed by atoms with E-state index < -0.39 is 0 Å². The molecule has 1 heterocycles. The van der Waals surface area contributed by atoms with Crippen molar-refractivity contribution in [3.63, 3.8) is 0 Å². The van der Waals surface area contributed by atoms with E-state index in [1.807, 2.05) is 25.7 Å². The second-order valence-electron chi connectivity index (χ2n) is 5.18. The van der Waals surface area contributed by atoms with E-state index in [0.29, 0.717) is 19.6 Å². The molecule has 1 rings (SSSR count). The molecule has 0 saturated carbocycles. The molecule has 1 fully saturated rings. The van der Waals surface area contributed by atoms with Gasteiger partial charge in [0.2, 0.25) is 11.8 Å². The summed E-state index contributed by atoms with van der Waals surface area (Å²) in [4.78, 5) is 27.8. The third kappa shape index (κ3) is 4.47. The molecule has 0 aromatic carbocycles. The summed E-state index contributed by atoms with van der Waals surface area (Å²) in [6, 6.07) is -0.0726. The molecule has 2 N–H and O–H groups in total. The Balaban J connectivity index is 2.62. The lowest BCUT2D eigenvalue weighted by molar-refractivity contribution is -0.135. The summed E-state index contributed by atoms with van der Waals surface area (Å²) in [5.41, 5.74) is 0. The highest BCUT2D eigenvalue weighted by atomic mass is 16.2. The lowest BCUT2D eigenvalue weighted by Gasteiger charge is -2.35. The molecular weight excluding hydrogens is 244 g/mol. The number of nitrogens with zero attached hydrogens (tertiary/aromatic N) is 2. The van der Waals surface area contributed by atoms with Gasteiger partial charge in [-0.15, -0.1) is 0 Å². The van der Waals surface area contributed by atoms with Gasteiger partial charge in [0.1, 0.15) is 6.04 Å². The Labute approximate surface area is 115 Å². The van der Waals surface area contributed by atoms with E-state index in [9.17, 15) is 9.59 Å². The van der Waals surface area contributed by atoms with Gasteiger partial charge in [0, 0.05) is 39.3 Å². The monoisotopic (exact) mass is 270 g/mol. The van der Waals surface area contributed by atoms with Crippen molar-refractivity contribution >= 4 is 11.8 Å². The topological polar surface area (TPSA) is 64.7 Å². The van der Waals surface area contributed by atoms with Gasteiger partial charge < -0.3 is 15.5 Å². The zero-order valence-electron chi connectivity index (χ0n) is 12.4. The first-order valence-corrected chi connectivity index (χ1v) is 6.95. The lowest BCUT2D eigenvalue weighted by atomic mass is 10.1. The predicted molar refractivity (Wildman–Crippen MR) is 74.8 cm³/mol. The summed E-state index contributed by atoms with van der Waals surface area (Å²) in [6.07, 6.45) is 0. The van der Waals surface area contributed by atoms with E-state index in [-0.39, 0.29) is 23.9 Å². The van der Waals surface area contributed by atoms with Crippen LogP contribution in [0.3, 0.4) is 0 Å². The Hall–Kier alpha value is -1.14. The van der Waals surface area contributed by atoms with Crippen molar-refractivity contribution in [2.24, 2.45) is 0 Å². The van der Waals surface area contributed by atoms with Crippen LogP contribution >= 0.6 is 0 Å². The number of hydrogen-bond donors (Lipinski definition) is 2. The highest BCUT2D eigenvalue weighted by molar-refractivity contribution is 5.84. The SMILES string of the molecule is CCNC(=O)C1CNCCN1CC(=O)N(C)C(C)C. The van der Waals surface area contributed by atoms with Crippen LogP contribution in [0.25, 0.3) is 0 Å². The summed E-state index contributed by atoms with van der Waals surface area (Å²) >= 11 is 0. The van der Waals surface area contributed by atoms with Crippen LogP contribution in [0.1, 0.15) is 20.8 Å². The largest absolute Gasteiger partial charge is 0.355 e. The Bertz CT molecular complexity index is 320. The summed E-state index contributed by atoms with van der Waals surface area (Å²) < 4.78 is 0. The minimum Gasteiger partial charge on any atom is -0.355 e. The summed E-state index contributed by atoms with van der Waals surface area (Å²) in [6.45, 7) is 8.92. The van der Waals surface area contributed by atoms with E-state index in [2.05, 4.69) is 10.6 Å². The van der Waals surface area contributed by atoms with Gasteiger partial charge in [-0.2, -0.15) is 0 Å². The summed E-state index contributed by atoms with van der Waals surface area (Å²) in [7, 11) is 1.80. The molecule has 1 saturated heterocycles. The number of likely N-dealkylation sites (N-methyl/N-ethyl adjacent to an activating group) is 2. The van der Waals surface area contributed by atoms with Crippen molar-refractivity contribution in [3.8, 4) is 0 Å². The molecule has 0 bridgehead atoms. The van der Waals surface area contributed by atoms with Crippen LogP contribution in [0.2, 0.25) is 0 Å². The van der Waals surface area contributed by atoms with E-state index in [0.717, 1.165) is 13.1 Å². The van der Waals surface area contributed by atoms with Crippen molar-refractivity contribution in [2.45, 2.75) is 32.9 Å². The molecule has 0 aliphatic carbocycles. The molecule has 0 aromatic heterocycles. The second-order valence-corrected chi connectivity index (χ2v) is 5.18. The second kappa shape index (κ2) is 7.45. The van der Waals surface area contributed by atoms with Gasteiger partial charge in [0.05, 0.1) is 6.54 Å². The first-order valence-electron chi connectivity index (χ1n) is 6.95. The molecule has 0 radical (unpaired) electrons. The zero-order chi connectivity index (χ0) is 14.4. The van der Waals surface area contributed by atoms with Crippen LogP contribution in [0.15, 0.2) is 0 Å². The number of carbonyl (C=O) groups is 2. The third-order valence-corrected chi connectivity index (χ3v) is 3.51. The number of hydrogen-bond acceptors (Lipinski definition) is 4. The maximum Gasteiger partial charge on any atom is 0.238 e. The molecule has 0 spiro atoms. The molecule has 2 amide bonds. The Morgan fingerprint density at radius 2 is 2.16 bits per heavy atom. The lowest BCUT2D eigenvalue weighted by Crippen LogP contribution is -2.59. The molecule has 19 heavy (non-hydrogen) atoms. The number of carbonyl (C=O) groups excluding carboxylic acids is 2. The summed E-state index contributed by atoms with van der Waals surface area (Å²) in [5, 5.41) is 6.03. The van der Waals surface area contributed by atoms with E-state index >= 15 is 0 Å². The van der Waals surface area contributed by atoms with Crippen LogP contribution < -0.4 is 10.6 Å². The number of amides is 2. The Morgan fingerprint density at radius 3 is 2.74 bits per heavy atom. The van der Waals surface area contributed by atoms with Gasteiger partial charge in [0.15, 0.2) is 0 Å². The third-order valence-electron chi connectivity index (χ3n) is 3.51. The standard InChI is InChI=1S/C13H26N4O2/c1-5-15-13(19)11-8-14-6-7-17(11)9-12(18)16(4)10(2)3/h10-11,14H,5-9H2,1-4H3,(H,15,19). The first kappa shape index (κ1) is 15.9. The molecule has 6 heteroatoms. The van der Waals surface area contributed by atoms with Gasteiger partial charge in [0.25, 0.3) is 0 Å². The Kier molecular flexibility index (Phi) is 6.24. The fraction of sp³-hybridized carbons (Fsp3) is 0.846. The molecule has 1 atom stereocenters. The molecule has 6 nitrogen and oxygen atoms in total. The highest BCUT2D eigenvalue weighted by Crippen LogP contribution is 2.05. The van der Waals surface area contributed by atoms with Crippen molar-refractivity contribution in [1.82, 2.24) is 20.4 Å². The van der Waals surface area contributed by atoms with Gasteiger partial charge in [-0.1, -0.05) is 0 Å². The molecule has 1 aliphatic rings. The van der Waals surface area contributed by atoms with E-state index in [4.69, 9.17) is 0 Å². The zero-order valence-corrected chi connectivity index (χ0v) is 12.4. The molecular formula is C13H26N4O2. The maximum absolute atomic E-state index is 12.1. The predicted octanol–water partition coefficient (Wildman–Crippen LogP) is -0.737. The highest BCUT2D eigenvalue weighted by Gasteiger charge is 2.30. The van der Waals surface area contributed by atoms with Crippen molar-refractivity contribution in [1.29, 1.82) is 0 Å². The molecule has 1 unspecified atom stereocenters. The van der Waals surface area contributed by atoms with Crippen LogP contribution in [-0.2, 0) is 9.59 Å². The number of nitrogens with one attached hydrogen (secondary N) is 2. The fourth-order valence-electron chi connectivity index (χ4n) is 2.06. The van der Waals surface area contributed by atoms with Crippen LogP contribution in [-0.4, -0.2) is 73.5 Å². The average molecular weight is 270 g/mol. The quantitative estimate of drug-likeness (QED) is 0.691.